The van der Waals surface area contributed by atoms with Gasteiger partial charge >= 0.3 is 0 Å². The highest BCUT2D eigenvalue weighted by Crippen LogP contribution is 2.25. The number of sulfonamides is 1. The van der Waals surface area contributed by atoms with Crippen molar-refractivity contribution in [3.63, 3.8) is 0 Å². The molecule has 144 valence electrons. The minimum absolute atomic E-state index is 0.148. The number of hydrogen-bond acceptors (Lipinski definition) is 3. The molecule has 7 heteroatoms. The topological polar surface area (TPSA) is 75.3 Å². The molecule has 0 bridgehead atoms. The molecule has 0 aromatic heterocycles. The molecular weight excluding hydrogens is 396 g/mol. The largest absolute Gasteiger partial charge is 0.324 e. The Morgan fingerprint density at radius 2 is 1.43 bits per heavy atom. The van der Waals surface area contributed by atoms with Crippen molar-refractivity contribution in [1.29, 1.82) is 0 Å². The van der Waals surface area contributed by atoms with Crippen LogP contribution in [0.4, 0.5) is 11.4 Å². The minimum Gasteiger partial charge on any atom is -0.324 e. The van der Waals surface area contributed by atoms with E-state index in [1.54, 1.807) is 48.5 Å². The van der Waals surface area contributed by atoms with Gasteiger partial charge in [-0.05, 0) is 42.3 Å². The molecule has 0 unspecified atom stereocenters. The molecule has 0 heterocycles. The van der Waals surface area contributed by atoms with Crippen molar-refractivity contribution in [3.8, 4) is 0 Å². The molecule has 0 aliphatic carbocycles. The number of nitrogens with one attached hydrogen (secondary N) is 2. The van der Waals surface area contributed by atoms with Crippen LogP contribution in [0.3, 0.4) is 0 Å². The molecule has 2 N–H and O–H groups in total. The highest BCUT2D eigenvalue weighted by molar-refractivity contribution is 7.92. The van der Waals surface area contributed by atoms with E-state index < -0.39 is 10.0 Å². The van der Waals surface area contributed by atoms with Crippen LogP contribution in [-0.2, 0) is 21.2 Å². The summed E-state index contributed by atoms with van der Waals surface area (Å²) >= 11 is 6.12. The summed E-state index contributed by atoms with van der Waals surface area (Å²) < 4.78 is 27.6. The molecule has 28 heavy (non-hydrogen) atoms. The smallest absolute Gasteiger partial charge is 0.261 e. The normalized spacial score (nSPS) is 11.0. The van der Waals surface area contributed by atoms with Crippen LogP contribution in [0.5, 0.6) is 0 Å². The van der Waals surface area contributed by atoms with E-state index in [9.17, 15) is 13.2 Å². The van der Waals surface area contributed by atoms with Crippen molar-refractivity contribution in [2.24, 2.45) is 0 Å². The maximum Gasteiger partial charge on any atom is 0.261 e. The summed E-state index contributed by atoms with van der Waals surface area (Å²) in [7, 11) is -3.75. The number of carbonyl (C=O) groups excluding carboxylic acids is 1. The van der Waals surface area contributed by atoms with Crippen LogP contribution < -0.4 is 10.0 Å². The average molecular weight is 415 g/mol. The summed E-state index contributed by atoms with van der Waals surface area (Å²) in [6, 6.07) is 22.1. The van der Waals surface area contributed by atoms with Crippen molar-refractivity contribution in [3.05, 3.63) is 89.4 Å². The zero-order valence-corrected chi connectivity index (χ0v) is 16.5. The molecule has 3 aromatic carbocycles. The Balaban J connectivity index is 1.70. The van der Waals surface area contributed by atoms with E-state index in [0.717, 1.165) is 5.56 Å². The molecule has 3 aromatic rings. The van der Waals surface area contributed by atoms with Gasteiger partial charge in [-0.2, -0.15) is 0 Å². The Kier molecular flexibility index (Phi) is 6.34. The van der Waals surface area contributed by atoms with Crippen LogP contribution in [-0.4, -0.2) is 14.3 Å². The van der Waals surface area contributed by atoms with Gasteiger partial charge in [-0.3, -0.25) is 9.52 Å². The zero-order valence-electron chi connectivity index (χ0n) is 14.9. The number of anilines is 2. The lowest BCUT2D eigenvalue weighted by molar-refractivity contribution is -0.116. The van der Waals surface area contributed by atoms with Crippen LogP contribution in [0.1, 0.15) is 12.0 Å². The number of rotatable bonds is 7. The van der Waals surface area contributed by atoms with E-state index >= 15 is 0 Å². The van der Waals surface area contributed by atoms with Crippen LogP contribution >= 0.6 is 11.6 Å². The highest BCUT2D eigenvalue weighted by Gasteiger charge is 2.16. The molecular formula is C21H19ClN2O3S. The molecule has 0 saturated carbocycles. The first kappa shape index (κ1) is 19.9. The predicted octanol–water partition coefficient (Wildman–Crippen LogP) is 4.71. The second-order valence-electron chi connectivity index (χ2n) is 6.10. The third-order valence-corrected chi connectivity index (χ3v) is 5.83. The van der Waals surface area contributed by atoms with Gasteiger partial charge in [0.25, 0.3) is 10.0 Å². The summed E-state index contributed by atoms with van der Waals surface area (Å²) in [6.07, 6.45) is 0.715. The van der Waals surface area contributed by atoms with Gasteiger partial charge in [0.15, 0.2) is 0 Å². The monoisotopic (exact) mass is 414 g/mol. The van der Waals surface area contributed by atoms with Gasteiger partial charge < -0.3 is 5.32 Å². The SMILES string of the molecule is O=C(CCc1ccccc1Cl)Nc1ccccc1NS(=O)(=O)c1ccccc1. The van der Waals surface area contributed by atoms with Crippen LogP contribution in [0.15, 0.2) is 83.8 Å². The Morgan fingerprint density at radius 3 is 2.14 bits per heavy atom. The molecule has 1 amide bonds. The van der Waals surface area contributed by atoms with Crippen LogP contribution in [0, 0.1) is 0 Å². The van der Waals surface area contributed by atoms with Gasteiger partial charge in [0.05, 0.1) is 16.3 Å². The number of aryl methyl sites for hydroxylation is 1. The van der Waals surface area contributed by atoms with E-state index in [0.29, 0.717) is 22.8 Å². The van der Waals surface area contributed by atoms with Gasteiger partial charge in [0.2, 0.25) is 5.91 Å². The summed E-state index contributed by atoms with van der Waals surface area (Å²) in [5.74, 6) is -0.230. The van der Waals surface area contributed by atoms with E-state index in [2.05, 4.69) is 10.0 Å². The summed E-state index contributed by atoms with van der Waals surface area (Å²) in [6.45, 7) is 0. The number of halogens is 1. The lowest BCUT2D eigenvalue weighted by atomic mass is 10.1. The third-order valence-electron chi connectivity index (χ3n) is 4.08. The first-order valence-corrected chi connectivity index (χ1v) is 10.5. The van der Waals surface area contributed by atoms with E-state index in [4.69, 9.17) is 11.6 Å². The Bertz CT molecular complexity index is 1070. The molecule has 3 rings (SSSR count). The van der Waals surface area contributed by atoms with Gasteiger partial charge in [-0.1, -0.05) is 60.1 Å². The second-order valence-corrected chi connectivity index (χ2v) is 8.19. The van der Waals surface area contributed by atoms with E-state index in [1.165, 1.54) is 12.1 Å². The third kappa shape index (κ3) is 5.12. The fourth-order valence-electron chi connectivity index (χ4n) is 2.65. The van der Waals surface area contributed by atoms with E-state index in [1.807, 2.05) is 18.2 Å². The van der Waals surface area contributed by atoms with Crippen LogP contribution in [0.2, 0.25) is 5.02 Å². The van der Waals surface area contributed by atoms with Gasteiger partial charge in [-0.15, -0.1) is 0 Å². The van der Waals surface area contributed by atoms with Gasteiger partial charge in [0.1, 0.15) is 0 Å². The maximum atomic E-state index is 12.5. The fourth-order valence-corrected chi connectivity index (χ4v) is 3.98. The predicted molar refractivity (Wildman–Crippen MR) is 112 cm³/mol. The molecule has 5 nitrogen and oxygen atoms in total. The number of carbonyl (C=O) groups is 1. The number of benzene rings is 3. The minimum atomic E-state index is -3.75. The average Bonchev–Trinajstić information content (AvgIpc) is 2.69. The lowest BCUT2D eigenvalue weighted by Gasteiger charge is -2.13. The van der Waals surface area contributed by atoms with Crippen molar-refractivity contribution < 1.29 is 13.2 Å². The zero-order chi connectivity index (χ0) is 20.0. The number of para-hydroxylation sites is 2. The van der Waals surface area contributed by atoms with Crippen molar-refractivity contribution >= 4 is 38.9 Å². The summed E-state index contributed by atoms with van der Waals surface area (Å²) in [5.41, 5.74) is 1.58. The molecule has 0 aliphatic rings. The molecule has 0 fully saturated rings. The molecule has 0 spiro atoms. The summed E-state index contributed by atoms with van der Waals surface area (Å²) in [4.78, 5) is 12.5. The quantitative estimate of drug-likeness (QED) is 0.587. The summed E-state index contributed by atoms with van der Waals surface area (Å²) in [5, 5.41) is 3.38. The highest BCUT2D eigenvalue weighted by atomic mass is 35.5. The van der Waals surface area contributed by atoms with Crippen molar-refractivity contribution in [2.45, 2.75) is 17.7 Å². The molecule has 0 saturated heterocycles. The molecule has 0 aliphatic heterocycles. The van der Waals surface area contributed by atoms with E-state index in [-0.39, 0.29) is 17.2 Å². The van der Waals surface area contributed by atoms with Crippen molar-refractivity contribution in [1.82, 2.24) is 0 Å². The maximum absolute atomic E-state index is 12.5. The Morgan fingerprint density at radius 1 is 0.821 bits per heavy atom. The van der Waals surface area contributed by atoms with Crippen molar-refractivity contribution in [2.75, 3.05) is 10.0 Å². The van der Waals surface area contributed by atoms with Crippen LogP contribution in [0.25, 0.3) is 0 Å². The van der Waals surface area contributed by atoms with Gasteiger partial charge in [-0.25, -0.2) is 8.42 Å². The first-order valence-electron chi connectivity index (χ1n) is 8.66. The second kappa shape index (κ2) is 8.91. The fraction of sp³-hybridized carbons (Fsp3) is 0.0952. The van der Waals surface area contributed by atoms with Gasteiger partial charge in [0, 0.05) is 11.4 Å². The first-order chi connectivity index (χ1) is 13.5. The number of hydrogen-bond donors (Lipinski definition) is 2. The number of amides is 1. The Labute approximate surface area is 169 Å². The standard InChI is InChI=1S/C21H19ClN2O3S/c22-18-11-5-4-8-16(18)14-15-21(25)23-19-12-6-7-13-20(19)24-28(26,27)17-9-2-1-3-10-17/h1-13,24H,14-15H2,(H,23,25). The Hall–Kier alpha value is -2.83. The lowest BCUT2D eigenvalue weighted by Crippen LogP contribution is -2.17. The molecule has 0 radical (unpaired) electrons. The molecule has 0 atom stereocenters.